The molecular formula is C15H21N5O3. The van der Waals surface area contributed by atoms with Crippen LogP contribution in [0.2, 0.25) is 0 Å². The summed E-state index contributed by atoms with van der Waals surface area (Å²) in [6, 6.07) is 3.23. The van der Waals surface area contributed by atoms with Gasteiger partial charge in [0, 0.05) is 17.4 Å². The molecule has 1 aromatic rings. The van der Waals surface area contributed by atoms with Crippen molar-refractivity contribution in [2.24, 2.45) is 5.10 Å². The first kappa shape index (κ1) is 18.3. The van der Waals surface area contributed by atoms with Crippen LogP contribution in [-0.4, -0.2) is 34.0 Å². The first-order valence-electron chi connectivity index (χ1n) is 7.03. The van der Waals surface area contributed by atoms with E-state index in [1.54, 1.807) is 25.3 Å². The minimum Gasteiger partial charge on any atom is -0.351 e. The highest BCUT2D eigenvalue weighted by Crippen LogP contribution is 2.02. The minimum atomic E-state index is -0.926. The van der Waals surface area contributed by atoms with E-state index in [0.717, 1.165) is 0 Å². The maximum atomic E-state index is 11.7. The number of aromatic nitrogens is 1. The molecule has 1 rings (SSSR count). The second kappa shape index (κ2) is 8.02. The van der Waals surface area contributed by atoms with Gasteiger partial charge < -0.3 is 10.6 Å². The van der Waals surface area contributed by atoms with Gasteiger partial charge in [-0.1, -0.05) is 0 Å². The van der Waals surface area contributed by atoms with Crippen molar-refractivity contribution >= 4 is 29.1 Å². The normalized spacial score (nSPS) is 11.6. The standard InChI is InChI=1S/C15H21N5O3/c1-10(8-12(21)18-15(2,3)4)19-20-14(23)13(22)17-11-6-5-7-16-9-11/h5-7,9H,8H2,1-4H3,(H,17,22)(H,18,21)(H,20,23)/b19-10+. The van der Waals surface area contributed by atoms with Crippen molar-refractivity contribution in [3.05, 3.63) is 24.5 Å². The smallest absolute Gasteiger partial charge is 0.329 e. The van der Waals surface area contributed by atoms with Crippen molar-refractivity contribution in [1.29, 1.82) is 0 Å². The molecule has 0 atom stereocenters. The summed E-state index contributed by atoms with van der Waals surface area (Å²) in [5.74, 6) is -2.01. The lowest BCUT2D eigenvalue weighted by molar-refractivity contribution is -0.136. The number of nitrogens with one attached hydrogen (secondary N) is 3. The van der Waals surface area contributed by atoms with Crippen molar-refractivity contribution in [2.45, 2.75) is 39.7 Å². The number of hydrazone groups is 1. The van der Waals surface area contributed by atoms with Gasteiger partial charge in [-0.25, -0.2) is 5.43 Å². The van der Waals surface area contributed by atoms with Crippen LogP contribution in [0.1, 0.15) is 34.1 Å². The third-order valence-corrected chi connectivity index (χ3v) is 2.40. The highest BCUT2D eigenvalue weighted by Gasteiger charge is 2.15. The number of carbonyl (C=O) groups excluding carboxylic acids is 3. The fraction of sp³-hybridized carbons (Fsp3) is 0.400. The summed E-state index contributed by atoms with van der Waals surface area (Å²) in [5, 5.41) is 8.89. The fourth-order valence-corrected chi connectivity index (χ4v) is 1.56. The molecule has 8 heteroatoms. The molecule has 0 radical (unpaired) electrons. The molecule has 0 saturated carbocycles. The van der Waals surface area contributed by atoms with Crippen LogP contribution in [0, 0.1) is 0 Å². The highest BCUT2D eigenvalue weighted by atomic mass is 16.2. The zero-order valence-electron chi connectivity index (χ0n) is 13.6. The number of hydrogen-bond donors (Lipinski definition) is 3. The van der Waals surface area contributed by atoms with E-state index >= 15 is 0 Å². The summed E-state index contributed by atoms with van der Waals surface area (Å²) >= 11 is 0. The van der Waals surface area contributed by atoms with E-state index in [4.69, 9.17) is 0 Å². The summed E-state index contributed by atoms with van der Waals surface area (Å²) in [7, 11) is 0. The third-order valence-electron chi connectivity index (χ3n) is 2.40. The molecule has 0 aromatic carbocycles. The average molecular weight is 319 g/mol. The Balaban J connectivity index is 2.47. The number of hydrogen-bond acceptors (Lipinski definition) is 5. The SMILES string of the molecule is C/C(CC(=O)NC(C)(C)C)=N\NC(=O)C(=O)Nc1cccnc1. The van der Waals surface area contributed by atoms with Gasteiger partial charge in [0.25, 0.3) is 0 Å². The van der Waals surface area contributed by atoms with Crippen LogP contribution in [0.5, 0.6) is 0 Å². The van der Waals surface area contributed by atoms with Crippen molar-refractivity contribution in [3.8, 4) is 0 Å². The largest absolute Gasteiger partial charge is 0.351 e. The van der Waals surface area contributed by atoms with Crippen LogP contribution < -0.4 is 16.1 Å². The van der Waals surface area contributed by atoms with Crippen LogP contribution >= 0.6 is 0 Å². The van der Waals surface area contributed by atoms with Gasteiger partial charge in [-0.05, 0) is 39.8 Å². The van der Waals surface area contributed by atoms with Crippen LogP contribution in [0.25, 0.3) is 0 Å². The van der Waals surface area contributed by atoms with Crippen LogP contribution in [0.15, 0.2) is 29.6 Å². The van der Waals surface area contributed by atoms with Gasteiger partial charge in [0.05, 0.1) is 18.3 Å². The maximum Gasteiger partial charge on any atom is 0.329 e. The molecule has 0 bridgehead atoms. The molecule has 3 N–H and O–H groups in total. The molecular weight excluding hydrogens is 298 g/mol. The van der Waals surface area contributed by atoms with Gasteiger partial charge in [0.1, 0.15) is 0 Å². The molecule has 124 valence electrons. The predicted molar refractivity (Wildman–Crippen MR) is 86.6 cm³/mol. The van der Waals surface area contributed by atoms with E-state index in [9.17, 15) is 14.4 Å². The second-order valence-corrected chi connectivity index (χ2v) is 5.96. The van der Waals surface area contributed by atoms with E-state index in [0.29, 0.717) is 11.4 Å². The molecule has 23 heavy (non-hydrogen) atoms. The fourth-order valence-electron chi connectivity index (χ4n) is 1.56. The second-order valence-electron chi connectivity index (χ2n) is 5.96. The first-order valence-corrected chi connectivity index (χ1v) is 7.03. The Morgan fingerprint density at radius 1 is 1.22 bits per heavy atom. The van der Waals surface area contributed by atoms with Crippen molar-refractivity contribution in [2.75, 3.05) is 5.32 Å². The topological polar surface area (TPSA) is 113 Å². The predicted octanol–water partition coefficient (Wildman–Crippen LogP) is 0.817. The minimum absolute atomic E-state index is 0.0295. The zero-order chi connectivity index (χ0) is 17.5. The molecule has 0 aliphatic rings. The van der Waals surface area contributed by atoms with Gasteiger partial charge in [-0.3, -0.25) is 19.4 Å². The highest BCUT2D eigenvalue weighted by molar-refractivity contribution is 6.39. The number of nitrogens with zero attached hydrogens (tertiary/aromatic N) is 2. The number of rotatable bonds is 4. The summed E-state index contributed by atoms with van der Waals surface area (Å²) in [5.41, 5.74) is 2.55. The molecule has 8 nitrogen and oxygen atoms in total. The summed E-state index contributed by atoms with van der Waals surface area (Å²) in [4.78, 5) is 38.8. The van der Waals surface area contributed by atoms with Crippen molar-refractivity contribution in [1.82, 2.24) is 15.7 Å². The van der Waals surface area contributed by atoms with E-state index in [1.165, 1.54) is 6.20 Å². The lowest BCUT2D eigenvalue weighted by atomic mass is 10.1. The van der Waals surface area contributed by atoms with Gasteiger partial charge in [0.15, 0.2) is 0 Å². The van der Waals surface area contributed by atoms with Gasteiger partial charge in [-0.15, -0.1) is 0 Å². The van der Waals surface area contributed by atoms with E-state index in [-0.39, 0.29) is 17.9 Å². The molecule has 0 spiro atoms. The molecule has 0 saturated heterocycles. The monoisotopic (exact) mass is 319 g/mol. The third kappa shape index (κ3) is 7.70. The lowest BCUT2D eigenvalue weighted by Crippen LogP contribution is -2.41. The molecule has 0 aliphatic heterocycles. The molecule has 1 aromatic heterocycles. The Kier molecular flexibility index (Phi) is 6.37. The summed E-state index contributed by atoms with van der Waals surface area (Å²) in [6.45, 7) is 7.17. The summed E-state index contributed by atoms with van der Waals surface area (Å²) < 4.78 is 0. The van der Waals surface area contributed by atoms with Gasteiger partial charge >= 0.3 is 11.8 Å². The Hall–Kier alpha value is -2.77. The molecule has 0 aliphatic carbocycles. The van der Waals surface area contributed by atoms with Gasteiger partial charge in [0.2, 0.25) is 5.91 Å². The molecule has 0 unspecified atom stereocenters. The van der Waals surface area contributed by atoms with Gasteiger partial charge in [-0.2, -0.15) is 5.10 Å². The number of amides is 3. The number of carbonyl (C=O) groups is 3. The van der Waals surface area contributed by atoms with E-state index in [1.807, 2.05) is 20.8 Å². The molecule has 0 fully saturated rings. The number of pyridine rings is 1. The average Bonchev–Trinajstić information content (AvgIpc) is 2.43. The van der Waals surface area contributed by atoms with E-state index < -0.39 is 11.8 Å². The van der Waals surface area contributed by atoms with Crippen molar-refractivity contribution < 1.29 is 14.4 Å². The van der Waals surface area contributed by atoms with Crippen LogP contribution in [0.4, 0.5) is 5.69 Å². The Morgan fingerprint density at radius 3 is 2.48 bits per heavy atom. The zero-order valence-corrected chi connectivity index (χ0v) is 13.6. The lowest BCUT2D eigenvalue weighted by Gasteiger charge is -2.20. The van der Waals surface area contributed by atoms with Crippen LogP contribution in [0.3, 0.4) is 0 Å². The first-order chi connectivity index (χ1) is 10.7. The van der Waals surface area contributed by atoms with Crippen LogP contribution in [-0.2, 0) is 14.4 Å². The Bertz CT molecular complexity index is 605. The Morgan fingerprint density at radius 2 is 1.91 bits per heavy atom. The van der Waals surface area contributed by atoms with Crippen molar-refractivity contribution in [3.63, 3.8) is 0 Å². The molecule has 3 amide bonds. The Labute approximate surface area is 134 Å². The molecule has 1 heterocycles. The summed E-state index contributed by atoms with van der Waals surface area (Å²) in [6.07, 6.45) is 2.99. The maximum absolute atomic E-state index is 11.7. The van der Waals surface area contributed by atoms with E-state index in [2.05, 4.69) is 26.1 Å². The number of anilines is 1. The quantitative estimate of drug-likeness (QED) is 0.433.